The summed E-state index contributed by atoms with van der Waals surface area (Å²) in [6.07, 6.45) is 8.26. The fourth-order valence-electron chi connectivity index (χ4n) is 5.00. The Morgan fingerprint density at radius 1 is 1.29 bits per heavy atom. The SMILES string of the molecule is CC(C(=O)O)N(CCSC12CC3CC(CC(C3)C1)C2)N=O. The molecule has 0 aliphatic heterocycles. The van der Waals surface area contributed by atoms with E-state index in [0.717, 1.165) is 28.5 Å². The lowest BCUT2D eigenvalue weighted by molar-refractivity contribution is -0.142. The number of carboxylic acids is 1. The van der Waals surface area contributed by atoms with E-state index < -0.39 is 12.0 Å². The fourth-order valence-corrected chi connectivity index (χ4v) is 6.77. The molecular formula is C15H24N2O3S. The van der Waals surface area contributed by atoms with Crippen LogP contribution >= 0.6 is 11.8 Å². The maximum Gasteiger partial charge on any atom is 0.327 e. The van der Waals surface area contributed by atoms with Gasteiger partial charge in [0.25, 0.3) is 0 Å². The number of hydrogen-bond acceptors (Lipinski definition) is 4. The maximum atomic E-state index is 10.9. The number of carbonyl (C=O) groups is 1. The second-order valence-electron chi connectivity index (χ2n) is 7.21. The molecule has 118 valence electrons. The first-order valence-corrected chi connectivity index (χ1v) is 8.96. The van der Waals surface area contributed by atoms with E-state index in [1.165, 1.54) is 45.4 Å². The number of aliphatic carboxylic acids is 1. The van der Waals surface area contributed by atoms with E-state index in [-0.39, 0.29) is 0 Å². The second-order valence-corrected chi connectivity index (χ2v) is 8.77. The van der Waals surface area contributed by atoms with E-state index in [4.69, 9.17) is 5.11 Å². The summed E-state index contributed by atoms with van der Waals surface area (Å²) in [5, 5.41) is 13.0. The number of hydrogen-bond donors (Lipinski definition) is 1. The smallest absolute Gasteiger partial charge is 0.327 e. The molecule has 4 rings (SSSR count). The van der Waals surface area contributed by atoms with Gasteiger partial charge in [-0.1, -0.05) is 0 Å². The molecular weight excluding hydrogens is 288 g/mol. The Kier molecular flexibility index (Phi) is 4.17. The van der Waals surface area contributed by atoms with Gasteiger partial charge in [-0.25, -0.2) is 9.80 Å². The normalized spacial score (nSPS) is 38.2. The zero-order valence-electron chi connectivity index (χ0n) is 12.5. The van der Waals surface area contributed by atoms with Crippen molar-refractivity contribution in [1.29, 1.82) is 0 Å². The van der Waals surface area contributed by atoms with Gasteiger partial charge in [0.1, 0.15) is 6.04 Å². The van der Waals surface area contributed by atoms with Gasteiger partial charge in [-0.15, -0.1) is 4.91 Å². The Morgan fingerprint density at radius 2 is 1.81 bits per heavy atom. The van der Waals surface area contributed by atoms with Crippen LogP contribution in [0.15, 0.2) is 5.29 Å². The highest BCUT2D eigenvalue weighted by atomic mass is 32.2. The molecule has 1 unspecified atom stereocenters. The van der Waals surface area contributed by atoms with Crippen molar-refractivity contribution < 1.29 is 9.90 Å². The molecule has 0 aromatic carbocycles. The monoisotopic (exact) mass is 312 g/mol. The van der Waals surface area contributed by atoms with Gasteiger partial charge in [-0.2, -0.15) is 11.8 Å². The molecule has 6 heteroatoms. The van der Waals surface area contributed by atoms with Crippen molar-refractivity contribution in [1.82, 2.24) is 5.01 Å². The van der Waals surface area contributed by atoms with Gasteiger partial charge >= 0.3 is 5.97 Å². The van der Waals surface area contributed by atoms with E-state index in [2.05, 4.69) is 5.29 Å². The van der Waals surface area contributed by atoms with Gasteiger partial charge in [-0.3, -0.25) is 0 Å². The number of thioether (sulfide) groups is 1. The summed E-state index contributed by atoms with van der Waals surface area (Å²) in [5.41, 5.74) is 0. The predicted molar refractivity (Wildman–Crippen MR) is 83.0 cm³/mol. The van der Waals surface area contributed by atoms with E-state index >= 15 is 0 Å². The van der Waals surface area contributed by atoms with Crippen molar-refractivity contribution in [3.8, 4) is 0 Å². The average molecular weight is 312 g/mol. The van der Waals surface area contributed by atoms with Crippen LogP contribution in [0.4, 0.5) is 0 Å². The van der Waals surface area contributed by atoms with Crippen LogP contribution in [-0.4, -0.2) is 39.2 Å². The standard InChI is InChI=1S/C15H24N2O3S/c1-10(14(18)19)17(16-20)2-3-21-15-7-11-4-12(8-15)6-13(5-11)9-15/h10-13H,2-9H2,1H3,(H,18,19). The molecule has 4 bridgehead atoms. The van der Waals surface area contributed by atoms with Crippen LogP contribution in [0.25, 0.3) is 0 Å². The first-order chi connectivity index (χ1) is 10.0. The lowest BCUT2D eigenvalue weighted by Crippen LogP contribution is -2.49. The van der Waals surface area contributed by atoms with E-state index in [1.807, 2.05) is 11.8 Å². The first-order valence-electron chi connectivity index (χ1n) is 7.98. The van der Waals surface area contributed by atoms with Gasteiger partial charge in [0.05, 0.1) is 5.29 Å². The molecule has 0 saturated heterocycles. The van der Waals surface area contributed by atoms with E-state index in [1.54, 1.807) is 0 Å². The van der Waals surface area contributed by atoms with E-state index in [9.17, 15) is 9.70 Å². The van der Waals surface area contributed by atoms with Crippen LogP contribution in [0.1, 0.15) is 45.4 Å². The lowest BCUT2D eigenvalue weighted by atomic mass is 9.56. The maximum absolute atomic E-state index is 10.9. The molecule has 0 spiro atoms. The molecule has 4 aliphatic rings. The Hall–Kier alpha value is -0.780. The molecule has 4 saturated carbocycles. The van der Waals surface area contributed by atoms with Gasteiger partial charge in [0, 0.05) is 17.0 Å². The number of nitrogens with zero attached hydrogens (tertiary/aromatic N) is 2. The molecule has 0 radical (unpaired) electrons. The Labute approximate surface area is 129 Å². The van der Waals surface area contributed by atoms with Crippen LogP contribution in [0.5, 0.6) is 0 Å². The Morgan fingerprint density at radius 3 is 2.24 bits per heavy atom. The van der Waals surface area contributed by atoms with Crippen molar-refractivity contribution in [3.05, 3.63) is 4.91 Å². The van der Waals surface area contributed by atoms with Crippen molar-refractivity contribution in [3.63, 3.8) is 0 Å². The summed E-state index contributed by atoms with van der Waals surface area (Å²) < 4.78 is 0.412. The van der Waals surface area contributed by atoms with Crippen LogP contribution in [0, 0.1) is 22.7 Å². The minimum Gasteiger partial charge on any atom is -0.480 e. The zero-order chi connectivity index (χ0) is 15.0. The molecule has 1 N–H and O–H groups in total. The van der Waals surface area contributed by atoms with Crippen molar-refractivity contribution in [2.45, 2.75) is 56.2 Å². The number of carboxylic acid groups (broad SMARTS) is 1. The van der Waals surface area contributed by atoms with Crippen molar-refractivity contribution >= 4 is 17.7 Å². The van der Waals surface area contributed by atoms with Crippen LogP contribution in [0.2, 0.25) is 0 Å². The third kappa shape index (κ3) is 3.05. The second kappa shape index (κ2) is 5.78. The molecule has 21 heavy (non-hydrogen) atoms. The highest BCUT2D eigenvalue weighted by Crippen LogP contribution is 2.60. The van der Waals surface area contributed by atoms with E-state index in [0.29, 0.717) is 11.3 Å². The predicted octanol–water partition coefficient (Wildman–Crippen LogP) is 3.14. The van der Waals surface area contributed by atoms with Crippen LogP contribution in [0.3, 0.4) is 0 Å². The summed E-state index contributed by atoms with van der Waals surface area (Å²) in [5.74, 6) is 2.57. The first kappa shape index (κ1) is 15.1. The Balaban J connectivity index is 1.53. The molecule has 1 atom stereocenters. The fraction of sp³-hybridized carbons (Fsp3) is 0.933. The van der Waals surface area contributed by atoms with Crippen molar-refractivity contribution in [2.24, 2.45) is 23.0 Å². The highest BCUT2D eigenvalue weighted by Gasteiger charge is 2.50. The number of nitroso groups, excluding NO2 is 1. The highest BCUT2D eigenvalue weighted by molar-refractivity contribution is 8.00. The van der Waals surface area contributed by atoms with Crippen molar-refractivity contribution in [2.75, 3.05) is 12.3 Å². The summed E-state index contributed by atoms with van der Waals surface area (Å²) >= 11 is 1.97. The molecule has 0 aromatic rings. The largest absolute Gasteiger partial charge is 0.480 e. The zero-order valence-corrected chi connectivity index (χ0v) is 13.3. The average Bonchev–Trinajstić information content (AvgIpc) is 2.41. The van der Waals surface area contributed by atoms with Gasteiger partial charge in [-0.05, 0) is 63.2 Å². The molecule has 5 nitrogen and oxygen atoms in total. The van der Waals surface area contributed by atoms with Gasteiger partial charge < -0.3 is 5.11 Å². The molecule has 4 aliphatic carbocycles. The van der Waals surface area contributed by atoms with Gasteiger partial charge in [0.2, 0.25) is 0 Å². The summed E-state index contributed by atoms with van der Waals surface area (Å²) in [4.78, 5) is 21.7. The third-order valence-corrected chi connectivity index (χ3v) is 7.12. The molecule has 0 heterocycles. The molecule has 4 fully saturated rings. The Bertz CT molecular complexity index is 394. The van der Waals surface area contributed by atoms with Gasteiger partial charge in [0.15, 0.2) is 0 Å². The quantitative estimate of drug-likeness (QED) is 0.577. The summed E-state index contributed by atoms with van der Waals surface area (Å²) in [6.45, 7) is 1.95. The topological polar surface area (TPSA) is 70.0 Å². The molecule has 0 amide bonds. The lowest BCUT2D eigenvalue weighted by Gasteiger charge is -2.56. The number of rotatable bonds is 7. The summed E-state index contributed by atoms with van der Waals surface area (Å²) in [7, 11) is 0. The summed E-state index contributed by atoms with van der Waals surface area (Å²) in [6, 6.07) is -0.834. The van der Waals surface area contributed by atoms with Crippen LogP contribution < -0.4 is 0 Å². The minimum absolute atomic E-state index is 0.412. The third-order valence-electron chi connectivity index (χ3n) is 5.62. The minimum atomic E-state index is -0.991. The van der Waals surface area contributed by atoms with Crippen LogP contribution in [-0.2, 0) is 4.79 Å². The molecule has 0 aromatic heterocycles.